The van der Waals surface area contributed by atoms with E-state index < -0.39 is 0 Å². The van der Waals surface area contributed by atoms with Gasteiger partial charge in [0.1, 0.15) is 0 Å². The van der Waals surface area contributed by atoms with Crippen LogP contribution in [-0.4, -0.2) is 49.6 Å². The highest BCUT2D eigenvalue weighted by Crippen LogP contribution is 2.05. The van der Waals surface area contributed by atoms with Gasteiger partial charge < -0.3 is 15.5 Å². The lowest BCUT2D eigenvalue weighted by Crippen LogP contribution is -2.44. The summed E-state index contributed by atoms with van der Waals surface area (Å²) in [4.78, 5) is 13.9. The molecule has 0 aromatic heterocycles. The SMILES string of the molecule is CC(C)C(C)NC(=O)CNC1CCN(C)C1. The smallest absolute Gasteiger partial charge is 0.234 e. The molecule has 1 amide bonds. The second-order valence-corrected chi connectivity index (χ2v) is 5.23. The largest absolute Gasteiger partial charge is 0.352 e. The molecule has 0 spiro atoms. The van der Waals surface area contributed by atoms with Crippen LogP contribution in [0, 0.1) is 5.92 Å². The van der Waals surface area contributed by atoms with Crippen molar-refractivity contribution < 1.29 is 4.79 Å². The van der Waals surface area contributed by atoms with Crippen LogP contribution in [0.15, 0.2) is 0 Å². The van der Waals surface area contributed by atoms with Crippen LogP contribution in [-0.2, 0) is 4.79 Å². The van der Waals surface area contributed by atoms with Gasteiger partial charge in [0.2, 0.25) is 5.91 Å². The van der Waals surface area contributed by atoms with Crippen molar-refractivity contribution in [3.05, 3.63) is 0 Å². The molecule has 1 aliphatic rings. The van der Waals surface area contributed by atoms with E-state index in [2.05, 4.69) is 36.4 Å². The lowest BCUT2D eigenvalue weighted by molar-refractivity contribution is -0.121. The van der Waals surface area contributed by atoms with Crippen LogP contribution < -0.4 is 10.6 Å². The third kappa shape index (κ3) is 4.49. The normalized spacial score (nSPS) is 23.7. The fourth-order valence-corrected chi connectivity index (χ4v) is 1.81. The number of likely N-dealkylation sites (tertiary alicyclic amines) is 1. The molecule has 0 aliphatic carbocycles. The fraction of sp³-hybridized carbons (Fsp3) is 0.917. The number of likely N-dealkylation sites (N-methyl/N-ethyl adjacent to an activating group) is 1. The van der Waals surface area contributed by atoms with Gasteiger partial charge in [-0.3, -0.25) is 4.79 Å². The van der Waals surface area contributed by atoms with Crippen LogP contribution in [0.25, 0.3) is 0 Å². The number of nitrogens with one attached hydrogen (secondary N) is 2. The minimum Gasteiger partial charge on any atom is -0.352 e. The standard InChI is InChI=1S/C12H25N3O/c1-9(2)10(3)14-12(16)7-13-11-5-6-15(4)8-11/h9-11,13H,5-8H2,1-4H3,(H,14,16). The van der Waals surface area contributed by atoms with Crippen LogP contribution in [0.5, 0.6) is 0 Å². The first-order valence-electron chi connectivity index (χ1n) is 6.20. The predicted octanol–water partition coefficient (Wildman–Crippen LogP) is 0.441. The lowest BCUT2D eigenvalue weighted by Gasteiger charge is -2.18. The van der Waals surface area contributed by atoms with Gasteiger partial charge in [-0.25, -0.2) is 0 Å². The number of nitrogens with zero attached hydrogens (tertiary/aromatic N) is 1. The van der Waals surface area contributed by atoms with Crippen molar-refractivity contribution >= 4 is 5.91 Å². The van der Waals surface area contributed by atoms with Crippen molar-refractivity contribution in [1.29, 1.82) is 0 Å². The summed E-state index contributed by atoms with van der Waals surface area (Å²) >= 11 is 0. The minimum atomic E-state index is 0.107. The molecular weight excluding hydrogens is 202 g/mol. The summed E-state index contributed by atoms with van der Waals surface area (Å²) in [6.45, 7) is 8.89. The Morgan fingerprint density at radius 3 is 2.62 bits per heavy atom. The summed E-state index contributed by atoms with van der Waals surface area (Å²) in [6, 6.07) is 0.727. The summed E-state index contributed by atoms with van der Waals surface area (Å²) in [7, 11) is 2.11. The van der Waals surface area contributed by atoms with E-state index in [1.165, 1.54) is 0 Å². The van der Waals surface area contributed by atoms with E-state index in [4.69, 9.17) is 0 Å². The van der Waals surface area contributed by atoms with E-state index in [1.807, 2.05) is 6.92 Å². The molecule has 1 heterocycles. The average Bonchev–Trinajstić information content (AvgIpc) is 2.61. The lowest BCUT2D eigenvalue weighted by atomic mass is 10.1. The molecular formula is C12H25N3O. The van der Waals surface area contributed by atoms with Gasteiger partial charge in [-0.05, 0) is 32.9 Å². The van der Waals surface area contributed by atoms with Gasteiger partial charge in [0.05, 0.1) is 6.54 Å². The van der Waals surface area contributed by atoms with Gasteiger partial charge in [-0.1, -0.05) is 13.8 Å². The van der Waals surface area contributed by atoms with Crippen molar-refractivity contribution in [3.63, 3.8) is 0 Å². The zero-order valence-electron chi connectivity index (χ0n) is 10.9. The zero-order valence-corrected chi connectivity index (χ0v) is 10.9. The van der Waals surface area contributed by atoms with E-state index in [0.29, 0.717) is 18.5 Å². The maximum absolute atomic E-state index is 11.6. The van der Waals surface area contributed by atoms with Crippen LogP contribution >= 0.6 is 0 Å². The molecule has 2 N–H and O–H groups in total. The molecule has 0 aromatic rings. The topological polar surface area (TPSA) is 44.4 Å². The van der Waals surface area contributed by atoms with E-state index in [9.17, 15) is 4.79 Å². The highest BCUT2D eigenvalue weighted by Gasteiger charge is 2.19. The number of amides is 1. The van der Waals surface area contributed by atoms with E-state index >= 15 is 0 Å². The molecule has 1 fully saturated rings. The summed E-state index contributed by atoms with van der Waals surface area (Å²) in [5.41, 5.74) is 0. The molecule has 0 aromatic carbocycles. The Balaban J connectivity index is 2.15. The summed E-state index contributed by atoms with van der Waals surface area (Å²) in [5.74, 6) is 0.595. The third-order valence-electron chi connectivity index (χ3n) is 3.33. The summed E-state index contributed by atoms with van der Waals surface area (Å²) in [5, 5.41) is 6.30. The Kier molecular flexibility index (Phi) is 5.22. The summed E-state index contributed by atoms with van der Waals surface area (Å²) in [6.07, 6.45) is 1.14. The van der Waals surface area contributed by atoms with Crippen molar-refractivity contribution in [1.82, 2.24) is 15.5 Å². The van der Waals surface area contributed by atoms with Crippen molar-refractivity contribution in [2.24, 2.45) is 5.92 Å². The molecule has 2 atom stereocenters. The van der Waals surface area contributed by atoms with Crippen molar-refractivity contribution in [3.8, 4) is 0 Å². The molecule has 1 aliphatic heterocycles. The Morgan fingerprint density at radius 2 is 2.12 bits per heavy atom. The van der Waals surface area contributed by atoms with Gasteiger partial charge in [-0.15, -0.1) is 0 Å². The Bertz CT molecular complexity index is 230. The number of hydrogen-bond donors (Lipinski definition) is 2. The Hall–Kier alpha value is -0.610. The van der Waals surface area contributed by atoms with Gasteiger partial charge in [-0.2, -0.15) is 0 Å². The van der Waals surface area contributed by atoms with Gasteiger partial charge in [0, 0.05) is 18.6 Å². The zero-order chi connectivity index (χ0) is 12.1. The Morgan fingerprint density at radius 1 is 1.44 bits per heavy atom. The molecule has 4 heteroatoms. The quantitative estimate of drug-likeness (QED) is 0.716. The molecule has 16 heavy (non-hydrogen) atoms. The van der Waals surface area contributed by atoms with Crippen LogP contribution in [0.4, 0.5) is 0 Å². The second kappa shape index (κ2) is 6.21. The first-order chi connectivity index (χ1) is 7.49. The monoisotopic (exact) mass is 227 g/mol. The van der Waals surface area contributed by atoms with Gasteiger partial charge in [0.15, 0.2) is 0 Å². The maximum Gasteiger partial charge on any atom is 0.234 e. The van der Waals surface area contributed by atoms with E-state index in [1.54, 1.807) is 0 Å². The highest BCUT2D eigenvalue weighted by atomic mass is 16.1. The molecule has 0 saturated carbocycles. The maximum atomic E-state index is 11.6. The van der Waals surface area contributed by atoms with Gasteiger partial charge >= 0.3 is 0 Å². The van der Waals surface area contributed by atoms with Crippen LogP contribution in [0.3, 0.4) is 0 Å². The van der Waals surface area contributed by atoms with Crippen molar-refractivity contribution in [2.45, 2.75) is 39.3 Å². The molecule has 0 radical (unpaired) electrons. The first-order valence-corrected chi connectivity index (χ1v) is 6.20. The second-order valence-electron chi connectivity index (χ2n) is 5.23. The van der Waals surface area contributed by atoms with E-state index in [0.717, 1.165) is 19.5 Å². The molecule has 4 nitrogen and oxygen atoms in total. The number of rotatable bonds is 5. The predicted molar refractivity (Wildman–Crippen MR) is 66.3 cm³/mol. The molecule has 1 saturated heterocycles. The average molecular weight is 227 g/mol. The number of carbonyl (C=O) groups excluding carboxylic acids is 1. The van der Waals surface area contributed by atoms with E-state index in [-0.39, 0.29) is 11.9 Å². The van der Waals surface area contributed by atoms with Crippen LogP contribution in [0.1, 0.15) is 27.2 Å². The summed E-state index contributed by atoms with van der Waals surface area (Å²) < 4.78 is 0. The van der Waals surface area contributed by atoms with Gasteiger partial charge in [0.25, 0.3) is 0 Å². The number of carbonyl (C=O) groups is 1. The van der Waals surface area contributed by atoms with Crippen LogP contribution in [0.2, 0.25) is 0 Å². The Labute approximate surface area is 98.8 Å². The molecule has 1 rings (SSSR count). The van der Waals surface area contributed by atoms with Crippen molar-refractivity contribution in [2.75, 3.05) is 26.7 Å². The molecule has 2 unspecified atom stereocenters. The third-order valence-corrected chi connectivity index (χ3v) is 3.33. The molecule has 0 bridgehead atoms. The molecule has 94 valence electrons. The minimum absolute atomic E-state index is 0.107. The first kappa shape index (κ1) is 13.5. The fourth-order valence-electron chi connectivity index (χ4n) is 1.81. The number of hydrogen-bond acceptors (Lipinski definition) is 3. The highest BCUT2D eigenvalue weighted by molar-refractivity contribution is 5.78.